The molecule has 3 N–H and O–H groups in total. The van der Waals surface area contributed by atoms with Crippen LogP contribution in [0.15, 0.2) is 54.6 Å². The molecule has 7 nitrogen and oxygen atoms in total. The van der Waals surface area contributed by atoms with Gasteiger partial charge in [0, 0.05) is 34.8 Å². The summed E-state index contributed by atoms with van der Waals surface area (Å²) < 4.78 is 1.96. The maximum Gasteiger partial charge on any atom is 0.319 e. The topological polar surface area (TPSA) is 88.1 Å². The van der Waals surface area contributed by atoms with Crippen molar-refractivity contribution in [2.45, 2.75) is 46.2 Å². The number of urea groups is 1. The number of rotatable bonds is 7. The van der Waals surface area contributed by atoms with Crippen molar-refractivity contribution in [1.82, 2.24) is 15.1 Å². The van der Waals surface area contributed by atoms with Gasteiger partial charge in [0.05, 0.1) is 12.2 Å². The van der Waals surface area contributed by atoms with E-state index in [1.807, 2.05) is 18.5 Å². The first-order valence-electron chi connectivity index (χ1n) is 11.1. The van der Waals surface area contributed by atoms with Gasteiger partial charge in [-0.2, -0.15) is 5.10 Å². The first kappa shape index (κ1) is 22.3. The lowest BCUT2D eigenvalue weighted by molar-refractivity contribution is -0.111. The second kappa shape index (κ2) is 9.73. The molecule has 0 bridgehead atoms. The molecule has 1 aliphatic carbocycles. The Labute approximate surface area is 193 Å². The SMILES string of the molecule is Cc1ccc(Cn2nc(C)c(/C=C/C(=O)Nc3ccc(NC(=O)NC4CC4)cc3)c2C)cc1. The van der Waals surface area contributed by atoms with Gasteiger partial charge < -0.3 is 16.0 Å². The van der Waals surface area contributed by atoms with Crippen molar-refractivity contribution in [3.63, 3.8) is 0 Å². The highest BCUT2D eigenvalue weighted by Crippen LogP contribution is 2.20. The van der Waals surface area contributed by atoms with Crippen molar-refractivity contribution >= 4 is 29.4 Å². The Morgan fingerprint density at radius 3 is 2.24 bits per heavy atom. The molecule has 2 aromatic carbocycles. The van der Waals surface area contributed by atoms with Crippen molar-refractivity contribution in [2.24, 2.45) is 0 Å². The van der Waals surface area contributed by atoms with Crippen molar-refractivity contribution in [1.29, 1.82) is 0 Å². The van der Waals surface area contributed by atoms with Crippen LogP contribution >= 0.6 is 0 Å². The third-order valence-electron chi connectivity index (χ3n) is 5.61. The lowest BCUT2D eigenvalue weighted by Crippen LogP contribution is -2.30. The summed E-state index contributed by atoms with van der Waals surface area (Å²) in [7, 11) is 0. The highest BCUT2D eigenvalue weighted by molar-refractivity contribution is 6.02. The lowest BCUT2D eigenvalue weighted by Gasteiger charge is -2.08. The standard InChI is InChI=1S/C26H29N5O2/c1-17-4-6-20(7-5-17)16-31-19(3)24(18(2)30-31)14-15-25(32)27-21-8-10-22(11-9-21)28-26(33)29-23-12-13-23/h4-11,14-15,23H,12-13,16H2,1-3H3,(H,27,32)(H2,28,29,33)/b15-14+. The number of carbonyl (C=O) groups is 2. The molecule has 0 saturated heterocycles. The van der Waals surface area contributed by atoms with E-state index >= 15 is 0 Å². The van der Waals surface area contributed by atoms with E-state index in [2.05, 4.69) is 52.2 Å². The summed E-state index contributed by atoms with van der Waals surface area (Å²) in [4.78, 5) is 24.2. The Morgan fingerprint density at radius 1 is 0.970 bits per heavy atom. The van der Waals surface area contributed by atoms with Crippen LogP contribution in [0.3, 0.4) is 0 Å². The third-order valence-corrected chi connectivity index (χ3v) is 5.61. The predicted octanol–water partition coefficient (Wildman–Crippen LogP) is 4.79. The Balaban J connectivity index is 1.34. The van der Waals surface area contributed by atoms with Crippen LogP contribution in [-0.4, -0.2) is 27.8 Å². The molecule has 1 aromatic heterocycles. The van der Waals surface area contributed by atoms with Gasteiger partial charge in [-0.1, -0.05) is 29.8 Å². The summed E-state index contributed by atoms with van der Waals surface area (Å²) in [5.74, 6) is -0.229. The normalized spacial score (nSPS) is 13.2. The highest BCUT2D eigenvalue weighted by Gasteiger charge is 2.23. The second-order valence-electron chi connectivity index (χ2n) is 8.50. The first-order chi connectivity index (χ1) is 15.9. The van der Waals surface area contributed by atoms with Crippen molar-refractivity contribution in [2.75, 3.05) is 10.6 Å². The van der Waals surface area contributed by atoms with Gasteiger partial charge in [0.2, 0.25) is 5.91 Å². The monoisotopic (exact) mass is 443 g/mol. The first-order valence-corrected chi connectivity index (χ1v) is 11.1. The number of amides is 3. The molecule has 1 fully saturated rings. The van der Waals surface area contributed by atoms with E-state index < -0.39 is 0 Å². The van der Waals surface area contributed by atoms with E-state index in [-0.39, 0.29) is 11.9 Å². The minimum atomic E-state index is -0.229. The van der Waals surface area contributed by atoms with E-state index in [0.29, 0.717) is 24.0 Å². The minimum absolute atomic E-state index is 0.203. The number of aryl methyl sites for hydroxylation is 2. The molecule has 1 heterocycles. The molecule has 0 spiro atoms. The zero-order chi connectivity index (χ0) is 23.4. The van der Waals surface area contributed by atoms with E-state index in [4.69, 9.17) is 0 Å². The molecule has 170 valence electrons. The van der Waals surface area contributed by atoms with Crippen LogP contribution in [0.25, 0.3) is 6.08 Å². The molecule has 3 aromatic rings. The zero-order valence-electron chi connectivity index (χ0n) is 19.2. The lowest BCUT2D eigenvalue weighted by atomic mass is 10.1. The second-order valence-corrected chi connectivity index (χ2v) is 8.50. The molecule has 4 rings (SSSR count). The molecular weight excluding hydrogens is 414 g/mol. The van der Waals surface area contributed by atoms with Crippen LogP contribution in [0, 0.1) is 20.8 Å². The quantitative estimate of drug-likeness (QED) is 0.459. The van der Waals surface area contributed by atoms with E-state index in [0.717, 1.165) is 29.8 Å². The number of hydrogen-bond donors (Lipinski definition) is 3. The fourth-order valence-corrected chi connectivity index (χ4v) is 3.53. The largest absolute Gasteiger partial charge is 0.335 e. The van der Waals surface area contributed by atoms with Crippen molar-refractivity contribution in [3.05, 3.63) is 82.7 Å². The molecule has 0 aliphatic heterocycles. The van der Waals surface area contributed by atoms with Gasteiger partial charge in [0.1, 0.15) is 0 Å². The van der Waals surface area contributed by atoms with Crippen molar-refractivity contribution in [3.8, 4) is 0 Å². The van der Waals surface area contributed by atoms with Crippen LogP contribution in [0.1, 0.15) is 40.9 Å². The van der Waals surface area contributed by atoms with E-state index in [1.165, 1.54) is 17.2 Å². The Kier molecular flexibility index (Phi) is 6.58. The highest BCUT2D eigenvalue weighted by atomic mass is 16.2. The molecule has 7 heteroatoms. The van der Waals surface area contributed by atoms with Gasteiger partial charge in [-0.15, -0.1) is 0 Å². The molecule has 33 heavy (non-hydrogen) atoms. The van der Waals surface area contributed by atoms with Gasteiger partial charge in [-0.05, 0) is 69.5 Å². The maximum absolute atomic E-state index is 12.4. The number of carbonyl (C=O) groups excluding carboxylic acids is 2. The number of nitrogens with zero attached hydrogens (tertiary/aromatic N) is 2. The van der Waals surface area contributed by atoms with Gasteiger partial charge in [-0.3, -0.25) is 9.48 Å². The summed E-state index contributed by atoms with van der Waals surface area (Å²) in [6.45, 7) is 6.71. The number of benzene rings is 2. The number of anilines is 2. The molecule has 0 radical (unpaired) electrons. The molecule has 1 saturated carbocycles. The third kappa shape index (κ3) is 6.10. The Hall–Kier alpha value is -3.87. The van der Waals surface area contributed by atoms with Crippen LogP contribution in [0.5, 0.6) is 0 Å². The molecule has 0 unspecified atom stereocenters. The van der Waals surface area contributed by atoms with Crippen LogP contribution in [0.4, 0.5) is 16.2 Å². The molecule has 1 aliphatic rings. The summed E-state index contributed by atoms with van der Waals surface area (Å²) in [6, 6.07) is 15.5. The average Bonchev–Trinajstić information content (AvgIpc) is 3.55. The van der Waals surface area contributed by atoms with E-state index in [9.17, 15) is 9.59 Å². The van der Waals surface area contributed by atoms with Gasteiger partial charge >= 0.3 is 6.03 Å². The summed E-state index contributed by atoms with van der Waals surface area (Å²) >= 11 is 0. The Morgan fingerprint density at radius 2 is 1.61 bits per heavy atom. The summed E-state index contributed by atoms with van der Waals surface area (Å²) in [5, 5.41) is 13.1. The maximum atomic E-state index is 12.4. The van der Waals surface area contributed by atoms with Crippen LogP contribution < -0.4 is 16.0 Å². The number of hydrogen-bond acceptors (Lipinski definition) is 3. The molecule has 3 amide bonds. The van der Waals surface area contributed by atoms with Crippen molar-refractivity contribution < 1.29 is 9.59 Å². The number of nitrogens with one attached hydrogen (secondary N) is 3. The Bertz CT molecular complexity index is 1170. The minimum Gasteiger partial charge on any atom is -0.335 e. The summed E-state index contributed by atoms with van der Waals surface area (Å²) in [6.07, 6.45) is 5.40. The predicted molar refractivity (Wildman–Crippen MR) is 131 cm³/mol. The van der Waals surface area contributed by atoms with Gasteiger partial charge in [-0.25, -0.2) is 4.79 Å². The zero-order valence-corrected chi connectivity index (χ0v) is 19.2. The van der Waals surface area contributed by atoms with Gasteiger partial charge in [0.25, 0.3) is 0 Å². The summed E-state index contributed by atoms with van der Waals surface area (Å²) in [5.41, 5.74) is 6.57. The molecular formula is C26H29N5O2. The average molecular weight is 444 g/mol. The van der Waals surface area contributed by atoms with Gasteiger partial charge in [0.15, 0.2) is 0 Å². The van der Waals surface area contributed by atoms with Crippen LogP contribution in [-0.2, 0) is 11.3 Å². The number of aromatic nitrogens is 2. The fraction of sp³-hybridized carbons (Fsp3) is 0.269. The van der Waals surface area contributed by atoms with E-state index in [1.54, 1.807) is 30.3 Å². The smallest absolute Gasteiger partial charge is 0.319 e. The van der Waals surface area contributed by atoms with Crippen LogP contribution in [0.2, 0.25) is 0 Å². The molecule has 0 atom stereocenters. The fourth-order valence-electron chi connectivity index (χ4n) is 3.53.